The monoisotopic (exact) mass is 155 g/mol. The fraction of sp³-hybridized carbons (Fsp3) is 0.800. The van der Waals surface area contributed by atoms with Crippen molar-refractivity contribution in [2.45, 2.75) is 34.1 Å². The fourth-order valence-corrected chi connectivity index (χ4v) is 0.979. The minimum absolute atomic E-state index is 0.606. The van der Waals surface area contributed by atoms with Gasteiger partial charge in [0.1, 0.15) is 0 Å². The van der Waals surface area contributed by atoms with Crippen LogP contribution in [0.15, 0.2) is 11.6 Å². The van der Waals surface area contributed by atoms with E-state index in [1.807, 2.05) is 0 Å². The molecule has 1 atom stereocenters. The molecule has 0 heterocycles. The van der Waals surface area contributed by atoms with Crippen LogP contribution in [0, 0.1) is 11.8 Å². The average Bonchev–Trinajstić information content (AvgIpc) is 1.99. The molecule has 0 amide bonds. The van der Waals surface area contributed by atoms with Crippen molar-refractivity contribution in [3.8, 4) is 0 Å². The Bertz CT molecular complexity index is 125. The molecule has 1 heteroatoms. The third kappa shape index (κ3) is 4.20. The highest BCUT2D eigenvalue weighted by atomic mass is 14.5. The molecule has 66 valence electrons. The van der Waals surface area contributed by atoms with Crippen LogP contribution in [0.1, 0.15) is 34.1 Å². The maximum atomic E-state index is 5.61. The number of allylic oxidation sites excluding steroid dienone is 1. The summed E-state index contributed by atoms with van der Waals surface area (Å²) in [6, 6.07) is 0. The lowest BCUT2D eigenvalue weighted by molar-refractivity contribution is 0.660. The van der Waals surface area contributed by atoms with Gasteiger partial charge in [-0.2, -0.15) is 0 Å². The summed E-state index contributed by atoms with van der Waals surface area (Å²) in [5.41, 5.74) is 7.00. The quantitative estimate of drug-likeness (QED) is 0.620. The van der Waals surface area contributed by atoms with E-state index in [0.29, 0.717) is 18.4 Å². The molecule has 11 heavy (non-hydrogen) atoms. The maximum absolute atomic E-state index is 5.61. The van der Waals surface area contributed by atoms with Crippen LogP contribution in [0.25, 0.3) is 0 Å². The standard InChI is InChI=1S/C10H21N/c1-5-9(4)6-10(7-11)8(2)3/h6,8-9H,5,7,11H2,1-4H3/b10-6+. The molecule has 0 aromatic heterocycles. The van der Waals surface area contributed by atoms with Crippen molar-refractivity contribution in [3.05, 3.63) is 11.6 Å². The molecule has 0 fully saturated rings. The number of nitrogens with two attached hydrogens (primary N) is 1. The van der Waals surface area contributed by atoms with Gasteiger partial charge in [-0.15, -0.1) is 0 Å². The number of hydrogen-bond donors (Lipinski definition) is 1. The van der Waals surface area contributed by atoms with E-state index >= 15 is 0 Å². The first kappa shape index (κ1) is 10.7. The first-order valence-electron chi connectivity index (χ1n) is 4.52. The fourth-order valence-electron chi connectivity index (χ4n) is 0.979. The molecule has 0 saturated carbocycles. The molecule has 0 aliphatic heterocycles. The van der Waals surface area contributed by atoms with E-state index in [2.05, 4.69) is 33.8 Å². The Balaban J connectivity index is 4.10. The Labute approximate surface area is 70.7 Å². The summed E-state index contributed by atoms with van der Waals surface area (Å²) in [4.78, 5) is 0. The summed E-state index contributed by atoms with van der Waals surface area (Å²) in [7, 11) is 0. The molecular formula is C10H21N. The Hall–Kier alpha value is -0.300. The molecule has 0 spiro atoms. The Morgan fingerprint density at radius 1 is 1.36 bits per heavy atom. The Kier molecular flexibility index (Phi) is 5.22. The van der Waals surface area contributed by atoms with Gasteiger partial charge in [-0.3, -0.25) is 0 Å². The van der Waals surface area contributed by atoms with Gasteiger partial charge in [0.25, 0.3) is 0 Å². The summed E-state index contributed by atoms with van der Waals surface area (Å²) in [6.45, 7) is 9.54. The summed E-state index contributed by atoms with van der Waals surface area (Å²) >= 11 is 0. The molecule has 0 aromatic rings. The summed E-state index contributed by atoms with van der Waals surface area (Å²) in [5, 5.41) is 0. The zero-order valence-electron chi connectivity index (χ0n) is 8.22. The van der Waals surface area contributed by atoms with Crippen LogP contribution in [-0.2, 0) is 0 Å². The molecule has 0 saturated heterocycles. The minimum atomic E-state index is 0.606. The van der Waals surface area contributed by atoms with E-state index < -0.39 is 0 Å². The van der Waals surface area contributed by atoms with E-state index in [1.54, 1.807) is 0 Å². The highest BCUT2D eigenvalue weighted by molar-refractivity contribution is 5.07. The van der Waals surface area contributed by atoms with Gasteiger partial charge < -0.3 is 5.73 Å². The lowest BCUT2D eigenvalue weighted by atomic mass is 9.97. The lowest BCUT2D eigenvalue weighted by Crippen LogP contribution is -2.09. The van der Waals surface area contributed by atoms with Crippen molar-refractivity contribution >= 4 is 0 Å². The summed E-state index contributed by atoms with van der Waals surface area (Å²) in [5.74, 6) is 1.28. The van der Waals surface area contributed by atoms with Gasteiger partial charge in [0.2, 0.25) is 0 Å². The molecule has 1 nitrogen and oxygen atoms in total. The Morgan fingerprint density at radius 2 is 1.91 bits per heavy atom. The molecule has 1 unspecified atom stereocenters. The first-order chi connectivity index (χ1) is 5.11. The predicted molar refractivity (Wildman–Crippen MR) is 51.4 cm³/mol. The molecule has 0 aliphatic carbocycles. The van der Waals surface area contributed by atoms with E-state index in [4.69, 9.17) is 5.73 Å². The first-order valence-corrected chi connectivity index (χ1v) is 4.52. The molecule has 0 aliphatic rings. The predicted octanol–water partition coefficient (Wildman–Crippen LogP) is 2.57. The molecule has 0 bridgehead atoms. The molecular weight excluding hydrogens is 134 g/mol. The van der Waals surface area contributed by atoms with E-state index in [1.165, 1.54) is 12.0 Å². The van der Waals surface area contributed by atoms with Crippen molar-refractivity contribution in [2.24, 2.45) is 17.6 Å². The van der Waals surface area contributed by atoms with Gasteiger partial charge in [-0.1, -0.05) is 45.8 Å². The Morgan fingerprint density at radius 3 is 2.18 bits per heavy atom. The van der Waals surface area contributed by atoms with Gasteiger partial charge in [0.05, 0.1) is 0 Å². The smallest absolute Gasteiger partial charge is 0.0139 e. The molecule has 2 N–H and O–H groups in total. The van der Waals surface area contributed by atoms with E-state index in [0.717, 1.165) is 0 Å². The second-order valence-electron chi connectivity index (χ2n) is 3.49. The summed E-state index contributed by atoms with van der Waals surface area (Å²) in [6.07, 6.45) is 3.51. The minimum Gasteiger partial charge on any atom is -0.327 e. The van der Waals surface area contributed by atoms with Crippen molar-refractivity contribution in [2.75, 3.05) is 6.54 Å². The highest BCUT2D eigenvalue weighted by Gasteiger charge is 2.02. The van der Waals surface area contributed by atoms with Crippen LogP contribution in [0.5, 0.6) is 0 Å². The van der Waals surface area contributed by atoms with Gasteiger partial charge in [0.15, 0.2) is 0 Å². The third-order valence-corrected chi connectivity index (χ3v) is 2.12. The number of hydrogen-bond acceptors (Lipinski definition) is 1. The second kappa shape index (κ2) is 5.36. The van der Waals surface area contributed by atoms with E-state index in [9.17, 15) is 0 Å². The van der Waals surface area contributed by atoms with Crippen LogP contribution in [0.3, 0.4) is 0 Å². The zero-order chi connectivity index (χ0) is 8.85. The molecule has 0 radical (unpaired) electrons. The van der Waals surface area contributed by atoms with Gasteiger partial charge in [-0.05, 0) is 11.8 Å². The normalized spacial score (nSPS) is 15.6. The van der Waals surface area contributed by atoms with Crippen molar-refractivity contribution in [3.63, 3.8) is 0 Å². The van der Waals surface area contributed by atoms with Crippen LogP contribution >= 0.6 is 0 Å². The summed E-state index contributed by atoms with van der Waals surface area (Å²) < 4.78 is 0. The second-order valence-corrected chi connectivity index (χ2v) is 3.49. The SMILES string of the molecule is CCC(C)/C=C(\CN)C(C)C. The topological polar surface area (TPSA) is 26.0 Å². The molecule has 0 aromatic carbocycles. The van der Waals surface area contributed by atoms with Crippen LogP contribution in [-0.4, -0.2) is 6.54 Å². The van der Waals surface area contributed by atoms with Crippen molar-refractivity contribution in [1.82, 2.24) is 0 Å². The average molecular weight is 155 g/mol. The lowest BCUT2D eigenvalue weighted by Gasteiger charge is -2.11. The zero-order valence-corrected chi connectivity index (χ0v) is 8.22. The van der Waals surface area contributed by atoms with Crippen LogP contribution < -0.4 is 5.73 Å². The molecule has 0 rings (SSSR count). The highest BCUT2D eigenvalue weighted by Crippen LogP contribution is 2.13. The largest absolute Gasteiger partial charge is 0.327 e. The van der Waals surface area contributed by atoms with Gasteiger partial charge in [-0.25, -0.2) is 0 Å². The maximum Gasteiger partial charge on any atom is 0.0139 e. The van der Waals surface area contributed by atoms with Crippen LogP contribution in [0.4, 0.5) is 0 Å². The van der Waals surface area contributed by atoms with Crippen LogP contribution in [0.2, 0.25) is 0 Å². The van der Waals surface area contributed by atoms with Gasteiger partial charge >= 0.3 is 0 Å². The van der Waals surface area contributed by atoms with Crippen molar-refractivity contribution < 1.29 is 0 Å². The number of rotatable bonds is 4. The van der Waals surface area contributed by atoms with Crippen molar-refractivity contribution in [1.29, 1.82) is 0 Å². The third-order valence-electron chi connectivity index (χ3n) is 2.12. The van der Waals surface area contributed by atoms with Gasteiger partial charge in [0, 0.05) is 6.54 Å². The van der Waals surface area contributed by atoms with E-state index in [-0.39, 0.29) is 0 Å².